The van der Waals surface area contributed by atoms with Crippen LogP contribution in [0.2, 0.25) is 10.0 Å². The molecule has 4 nitrogen and oxygen atoms in total. The molecule has 116 valence electrons. The second kappa shape index (κ2) is 6.82. The normalized spacial score (nSPS) is 19.0. The molecule has 0 amide bonds. The molecule has 6 heteroatoms. The lowest BCUT2D eigenvalue weighted by molar-refractivity contribution is 0.566. The summed E-state index contributed by atoms with van der Waals surface area (Å²) in [6.07, 6.45) is 4.70. The lowest BCUT2D eigenvalue weighted by Gasteiger charge is -2.19. The highest BCUT2D eigenvalue weighted by atomic mass is 35.5. The number of hydrogen-bond donors (Lipinski definition) is 1. The predicted molar refractivity (Wildman–Crippen MR) is 91.8 cm³/mol. The number of halogens is 2. The average molecular weight is 337 g/mol. The first-order valence-corrected chi connectivity index (χ1v) is 8.15. The maximum Gasteiger partial charge on any atom is 0.225 e. The maximum atomic E-state index is 6.25. The third kappa shape index (κ3) is 3.35. The Bertz CT molecular complexity index is 645. The molecule has 0 bridgehead atoms. The van der Waals surface area contributed by atoms with Crippen LogP contribution in [0.5, 0.6) is 0 Å². The average Bonchev–Trinajstić information content (AvgIpc) is 2.75. The fourth-order valence-electron chi connectivity index (χ4n) is 2.56. The van der Waals surface area contributed by atoms with E-state index in [4.69, 9.17) is 23.2 Å². The van der Waals surface area contributed by atoms with Gasteiger partial charge in [0.05, 0.1) is 10.0 Å². The van der Waals surface area contributed by atoms with E-state index >= 15 is 0 Å². The van der Waals surface area contributed by atoms with E-state index in [2.05, 4.69) is 27.1 Å². The molecular weight excluding hydrogens is 319 g/mol. The Balaban J connectivity index is 1.82. The van der Waals surface area contributed by atoms with Crippen LogP contribution in [0, 0.1) is 0 Å². The van der Waals surface area contributed by atoms with Crippen molar-refractivity contribution >= 4 is 29.2 Å². The van der Waals surface area contributed by atoms with Crippen LogP contribution in [-0.4, -0.2) is 35.6 Å². The smallest absolute Gasteiger partial charge is 0.225 e. The van der Waals surface area contributed by atoms with Gasteiger partial charge in [-0.1, -0.05) is 35.3 Å². The Kier molecular flexibility index (Phi) is 4.81. The van der Waals surface area contributed by atoms with Gasteiger partial charge in [0.25, 0.3) is 0 Å². The minimum atomic E-state index is 0.535. The summed E-state index contributed by atoms with van der Waals surface area (Å²) in [5.74, 6) is 0.762. The standard InChI is InChI=1S/C16H18Cl2N4/c1-11-5-7-22(8-6-19-11)16-20-9-12(10-21-16)13-3-2-4-14(17)15(13)18/h2-4,9-11,19H,5-8H2,1H3. The van der Waals surface area contributed by atoms with E-state index in [1.807, 2.05) is 24.5 Å². The van der Waals surface area contributed by atoms with Crippen molar-refractivity contribution in [3.05, 3.63) is 40.6 Å². The van der Waals surface area contributed by atoms with Crippen molar-refractivity contribution in [2.24, 2.45) is 0 Å². The molecule has 1 unspecified atom stereocenters. The van der Waals surface area contributed by atoms with Gasteiger partial charge >= 0.3 is 0 Å². The second-order valence-electron chi connectivity index (χ2n) is 5.50. The minimum absolute atomic E-state index is 0.535. The van der Waals surface area contributed by atoms with Gasteiger partial charge in [-0.05, 0) is 19.4 Å². The van der Waals surface area contributed by atoms with Crippen molar-refractivity contribution in [3.8, 4) is 11.1 Å². The molecule has 0 saturated carbocycles. The summed E-state index contributed by atoms with van der Waals surface area (Å²) in [5, 5.41) is 4.54. The number of nitrogens with zero attached hydrogens (tertiary/aromatic N) is 3. The fourth-order valence-corrected chi connectivity index (χ4v) is 2.97. The van der Waals surface area contributed by atoms with Crippen molar-refractivity contribution in [1.29, 1.82) is 0 Å². The van der Waals surface area contributed by atoms with Gasteiger partial charge in [0.2, 0.25) is 5.95 Å². The summed E-state index contributed by atoms with van der Waals surface area (Å²) in [6, 6.07) is 6.10. The molecule has 3 rings (SSSR count). The lowest BCUT2D eigenvalue weighted by Crippen LogP contribution is -2.30. The zero-order valence-corrected chi connectivity index (χ0v) is 13.9. The highest BCUT2D eigenvalue weighted by Crippen LogP contribution is 2.32. The molecular formula is C16H18Cl2N4. The van der Waals surface area contributed by atoms with E-state index in [9.17, 15) is 0 Å². The van der Waals surface area contributed by atoms with Crippen LogP contribution in [0.3, 0.4) is 0 Å². The van der Waals surface area contributed by atoms with Gasteiger partial charge in [-0.25, -0.2) is 9.97 Å². The van der Waals surface area contributed by atoms with E-state index in [0.717, 1.165) is 43.1 Å². The number of hydrogen-bond acceptors (Lipinski definition) is 4. The molecule has 0 radical (unpaired) electrons. The van der Waals surface area contributed by atoms with Gasteiger partial charge in [0, 0.05) is 49.2 Å². The van der Waals surface area contributed by atoms with E-state index in [0.29, 0.717) is 16.1 Å². The van der Waals surface area contributed by atoms with E-state index in [1.165, 1.54) is 0 Å². The molecule has 1 atom stereocenters. The van der Waals surface area contributed by atoms with Crippen LogP contribution in [0.4, 0.5) is 5.95 Å². The summed E-state index contributed by atoms with van der Waals surface area (Å²) >= 11 is 12.3. The molecule has 22 heavy (non-hydrogen) atoms. The summed E-state index contributed by atoms with van der Waals surface area (Å²) in [4.78, 5) is 11.2. The van der Waals surface area contributed by atoms with Gasteiger partial charge in [0.15, 0.2) is 0 Å². The third-order valence-electron chi connectivity index (χ3n) is 3.89. The molecule has 0 aliphatic carbocycles. The van der Waals surface area contributed by atoms with Crippen molar-refractivity contribution in [3.63, 3.8) is 0 Å². The maximum absolute atomic E-state index is 6.25. The number of aromatic nitrogens is 2. The van der Waals surface area contributed by atoms with Gasteiger partial charge in [-0.2, -0.15) is 0 Å². The van der Waals surface area contributed by atoms with E-state index < -0.39 is 0 Å². The quantitative estimate of drug-likeness (QED) is 0.908. The number of benzene rings is 1. The first-order valence-electron chi connectivity index (χ1n) is 7.40. The Hall–Kier alpha value is -1.36. The minimum Gasteiger partial charge on any atom is -0.339 e. The highest BCUT2D eigenvalue weighted by molar-refractivity contribution is 6.43. The molecule has 2 heterocycles. The molecule has 0 spiro atoms. The van der Waals surface area contributed by atoms with Gasteiger partial charge in [-0.15, -0.1) is 0 Å². The van der Waals surface area contributed by atoms with Crippen molar-refractivity contribution in [2.45, 2.75) is 19.4 Å². The van der Waals surface area contributed by atoms with Crippen LogP contribution in [0.25, 0.3) is 11.1 Å². The molecule has 1 aliphatic heterocycles. The predicted octanol–water partition coefficient (Wildman–Crippen LogP) is 3.64. The molecule has 1 aromatic carbocycles. The highest BCUT2D eigenvalue weighted by Gasteiger charge is 2.16. The number of anilines is 1. The Morgan fingerprint density at radius 2 is 1.95 bits per heavy atom. The topological polar surface area (TPSA) is 41.1 Å². The SMILES string of the molecule is CC1CCN(c2ncc(-c3cccc(Cl)c3Cl)cn2)CCN1. The van der Waals surface area contributed by atoms with Crippen LogP contribution in [0.1, 0.15) is 13.3 Å². The van der Waals surface area contributed by atoms with Crippen LogP contribution < -0.4 is 10.2 Å². The Labute approximate surface area is 140 Å². The first kappa shape index (κ1) is 15.5. The van der Waals surface area contributed by atoms with Crippen LogP contribution in [0.15, 0.2) is 30.6 Å². The van der Waals surface area contributed by atoms with Crippen molar-refractivity contribution in [2.75, 3.05) is 24.5 Å². The zero-order valence-electron chi connectivity index (χ0n) is 12.4. The summed E-state index contributed by atoms with van der Waals surface area (Å²) < 4.78 is 0. The van der Waals surface area contributed by atoms with Crippen LogP contribution >= 0.6 is 23.2 Å². The number of rotatable bonds is 2. The van der Waals surface area contributed by atoms with Gasteiger partial charge in [0.1, 0.15) is 0 Å². The molecule has 1 aliphatic rings. The van der Waals surface area contributed by atoms with Gasteiger partial charge < -0.3 is 10.2 Å². The molecule has 1 aromatic heterocycles. The molecule has 1 saturated heterocycles. The fraction of sp³-hybridized carbons (Fsp3) is 0.375. The van der Waals surface area contributed by atoms with Gasteiger partial charge in [-0.3, -0.25) is 0 Å². The monoisotopic (exact) mass is 336 g/mol. The Morgan fingerprint density at radius 1 is 1.18 bits per heavy atom. The van der Waals surface area contributed by atoms with E-state index in [-0.39, 0.29) is 0 Å². The molecule has 2 aromatic rings. The second-order valence-corrected chi connectivity index (χ2v) is 6.29. The van der Waals surface area contributed by atoms with Crippen molar-refractivity contribution < 1.29 is 0 Å². The molecule has 1 fully saturated rings. The lowest BCUT2D eigenvalue weighted by atomic mass is 10.1. The number of nitrogens with one attached hydrogen (secondary N) is 1. The third-order valence-corrected chi connectivity index (χ3v) is 4.71. The van der Waals surface area contributed by atoms with E-state index in [1.54, 1.807) is 6.07 Å². The molecule has 1 N–H and O–H groups in total. The summed E-state index contributed by atoms with van der Waals surface area (Å²) in [5.41, 5.74) is 1.73. The largest absolute Gasteiger partial charge is 0.339 e. The first-order chi connectivity index (χ1) is 10.6. The summed E-state index contributed by atoms with van der Waals surface area (Å²) in [7, 11) is 0. The Morgan fingerprint density at radius 3 is 2.73 bits per heavy atom. The summed E-state index contributed by atoms with van der Waals surface area (Å²) in [6.45, 7) is 5.04. The zero-order chi connectivity index (χ0) is 15.5. The van der Waals surface area contributed by atoms with Crippen LogP contribution in [-0.2, 0) is 0 Å². The van der Waals surface area contributed by atoms with Crippen molar-refractivity contribution in [1.82, 2.24) is 15.3 Å².